The smallest absolute Gasteiger partial charge is 0.408 e. The number of nitrogens with one attached hydrogen (secondary N) is 1. The Morgan fingerprint density at radius 3 is 2.67 bits per heavy atom. The number of H-pyrrole nitrogens is 1. The van der Waals surface area contributed by atoms with Gasteiger partial charge in [-0.05, 0) is 12.1 Å². The SMILES string of the molecule is CN(C(=O)C(F)(F)F)c1ccc2[nH]c(=O)oc2c1. The second-order valence-corrected chi connectivity index (χ2v) is 3.56. The fraction of sp³-hybridized carbons (Fsp3) is 0.200. The number of anilines is 1. The number of carbonyl (C=O) groups is 1. The summed E-state index contributed by atoms with van der Waals surface area (Å²) >= 11 is 0. The van der Waals surface area contributed by atoms with Crippen LogP contribution in [0.1, 0.15) is 0 Å². The largest absolute Gasteiger partial charge is 0.471 e. The Kier molecular flexibility index (Phi) is 2.64. The molecule has 0 saturated carbocycles. The number of amides is 1. The molecule has 0 aliphatic rings. The lowest BCUT2D eigenvalue weighted by Crippen LogP contribution is -2.38. The molecule has 0 saturated heterocycles. The van der Waals surface area contributed by atoms with Crippen LogP contribution in [-0.2, 0) is 4.79 Å². The van der Waals surface area contributed by atoms with Gasteiger partial charge in [-0.1, -0.05) is 0 Å². The van der Waals surface area contributed by atoms with Gasteiger partial charge in [-0.15, -0.1) is 0 Å². The van der Waals surface area contributed by atoms with Gasteiger partial charge in [0.2, 0.25) is 0 Å². The standard InChI is InChI=1S/C10H7F3N2O3/c1-15(8(16)10(11,12)13)5-2-3-6-7(4-5)18-9(17)14-6/h2-4H,1H3,(H,14,17). The molecule has 0 atom stereocenters. The Labute approximate surface area is 97.8 Å². The van der Waals surface area contributed by atoms with Crippen molar-refractivity contribution in [2.24, 2.45) is 0 Å². The van der Waals surface area contributed by atoms with Gasteiger partial charge in [-0.2, -0.15) is 13.2 Å². The average Bonchev–Trinajstić information content (AvgIpc) is 2.64. The predicted octanol–water partition coefficient (Wildman–Crippen LogP) is 1.65. The zero-order valence-corrected chi connectivity index (χ0v) is 9.04. The van der Waals surface area contributed by atoms with Crippen LogP contribution < -0.4 is 10.7 Å². The number of carbonyl (C=O) groups excluding carboxylic acids is 1. The van der Waals surface area contributed by atoms with Gasteiger partial charge in [-0.25, -0.2) is 4.79 Å². The molecule has 0 radical (unpaired) electrons. The Bertz CT molecular complexity index is 656. The van der Waals surface area contributed by atoms with Crippen molar-refractivity contribution < 1.29 is 22.4 Å². The summed E-state index contributed by atoms with van der Waals surface area (Å²) in [6, 6.07) is 3.81. The molecule has 1 N–H and O–H groups in total. The maximum absolute atomic E-state index is 12.2. The van der Waals surface area contributed by atoms with E-state index in [0.717, 1.165) is 7.05 Å². The van der Waals surface area contributed by atoms with Crippen molar-refractivity contribution in [3.8, 4) is 0 Å². The van der Waals surface area contributed by atoms with Crippen LogP contribution in [0.5, 0.6) is 0 Å². The number of hydrogen-bond acceptors (Lipinski definition) is 3. The minimum atomic E-state index is -4.96. The molecule has 0 aliphatic carbocycles. The first-order valence-corrected chi connectivity index (χ1v) is 4.77. The summed E-state index contributed by atoms with van der Waals surface area (Å²) in [5, 5.41) is 0. The topological polar surface area (TPSA) is 66.3 Å². The average molecular weight is 260 g/mol. The minimum Gasteiger partial charge on any atom is -0.408 e. The van der Waals surface area contributed by atoms with Crippen molar-refractivity contribution in [2.45, 2.75) is 6.18 Å². The normalized spacial score (nSPS) is 11.8. The predicted molar refractivity (Wildman–Crippen MR) is 56.3 cm³/mol. The van der Waals surface area contributed by atoms with Gasteiger partial charge >= 0.3 is 17.8 Å². The molecule has 1 aromatic heterocycles. The van der Waals surface area contributed by atoms with Crippen molar-refractivity contribution in [3.63, 3.8) is 0 Å². The number of rotatable bonds is 1. The van der Waals surface area contributed by atoms with Crippen molar-refractivity contribution in [1.29, 1.82) is 0 Å². The third-order valence-corrected chi connectivity index (χ3v) is 2.34. The Morgan fingerprint density at radius 1 is 1.39 bits per heavy atom. The van der Waals surface area contributed by atoms with Crippen LogP contribution in [0, 0.1) is 0 Å². The molecule has 8 heteroatoms. The Morgan fingerprint density at radius 2 is 2.06 bits per heavy atom. The van der Waals surface area contributed by atoms with Gasteiger partial charge in [0.05, 0.1) is 5.52 Å². The van der Waals surface area contributed by atoms with E-state index < -0.39 is 17.8 Å². The lowest BCUT2D eigenvalue weighted by Gasteiger charge is -2.18. The first-order valence-electron chi connectivity index (χ1n) is 4.77. The number of oxazole rings is 1. The van der Waals surface area contributed by atoms with E-state index in [4.69, 9.17) is 4.42 Å². The van der Waals surface area contributed by atoms with E-state index in [1.54, 1.807) is 0 Å². The van der Waals surface area contributed by atoms with Crippen LogP contribution in [-0.4, -0.2) is 24.1 Å². The quantitative estimate of drug-likeness (QED) is 0.847. The summed E-state index contributed by atoms with van der Waals surface area (Å²) in [7, 11) is 0.988. The number of nitrogens with zero attached hydrogens (tertiary/aromatic N) is 1. The van der Waals surface area contributed by atoms with Crippen LogP contribution >= 0.6 is 0 Å². The minimum absolute atomic E-state index is 0.0208. The molecule has 1 aromatic carbocycles. The first kappa shape index (κ1) is 12.2. The monoisotopic (exact) mass is 260 g/mol. The van der Waals surface area contributed by atoms with Gasteiger partial charge in [0, 0.05) is 18.8 Å². The van der Waals surface area contributed by atoms with Gasteiger partial charge in [0.25, 0.3) is 0 Å². The fourth-order valence-electron chi connectivity index (χ4n) is 1.45. The number of alkyl halides is 3. The van der Waals surface area contributed by atoms with Crippen molar-refractivity contribution in [2.75, 3.05) is 11.9 Å². The highest BCUT2D eigenvalue weighted by Gasteiger charge is 2.41. The molecule has 0 aliphatic heterocycles. The molecule has 0 unspecified atom stereocenters. The molecule has 0 fully saturated rings. The summed E-state index contributed by atoms with van der Waals surface area (Å²) in [6.45, 7) is 0. The fourth-order valence-corrected chi connectivity index (χ4v) is 1.45. The molecule has 18 heavy (non-hydrogen) atoms. The maximum Gasteiger partial charge on any atom is 0.471 e. The van der Waals surface area contributed by atoms with Crippen LogP contribution in [0.4, 0.5) is 18.9 Å². The summed E-state index contributed by atoms with van der Waals surface area (Å²) in [6.07, 6.45) is -4.96. The van der Waals surface area contributed by atoms with E-state index in [1.165, 1.54) is 18.2 Å². The van der Waals surface area contributed by atoms with E-state index in [0.29, 0.717) is 10.4 Å². The van der Waals surface area contributed by atoms with Crippen LogP contribution in [0.2, 0.25) is 0 Å². The molecule has 2 aromatic rings. The highest BCUT2D eigenvalue weighted by molar-refractivity contribution is 5.98. The zero-order chi connectivity index (χ0) is 13.5. The molecular weight excluding hydrogens is 253 g/mol. The molecule has 0 bridgehead atoms. The molecule has 0 spiro atoms. The maximum atomic E-state index is 12.2. The van der Waals surface area contributed by atoms with Gasteiger partial charge < -0.3 is 9.32 Å². The zero-order valence-electron chi connectivity index (χ0n) is 9.04. The lowest BCUT2D eigenvalue weighted by molar-refractivity contribution is -0.170. The van der Waals surface area contributed by atoms with E-state index in [-0.39, 0.29) is 11.3 Å². The van der Waals surface area contributed by atoms with E-state index in [1.807, 2.05) is 0 Å². The summed E-state index contributed by atoms with van der Waals surface area (Å²) in [4.78, 5) is 24.7. The Balaban J connectivity index is 2.42. The highest BCUT2D eigenvalue weighted by Crippen LogP contribution is 2.24. The van der Waals surface area contributed by atoms with Crippen LogP contribution in [0.25, 0.3) is 11.1 Å². The number of fused-ring (bicyclic) bond motifs is 1. The van der Waals surface area contributed by atoms with Crippen molar-refractivity contribution in [1.82, 2.24) is 4.98 Å². The molecule has 96 valence electrons. The van der Waals surface area contributed by atoms with E-state index >= 15 is 0 Å². The second-order valence-electron chi connectivity index (χ2n) is 3.56. The number of hydrogen-bond donors (Lipinski definition) is 1. The molecule has 5 nitrogen and oxygen atoms in total. The van der Waals surface area contributed by atoms with Crippen molar-refractivity contribution >= 4 is 22.7 Å². The van der Waals surface area contributed by atoms with Crippen molar-refractivity contribution in [3.05, 3.63) is 28.7 Å². The molecular formula is C10H7F3N2O3. The van der Waals surface area contributed by atoms with Gasteiger partial charge in [0.1, 0.15) is 0 Å². The number of aromatic amines is 1. The van der Waals surface area contributed by atoms with E-state index in [2.05, 4.69) is 4.98 Å². The third kappa shape index (κ3) is 2.08. The summed E-state index contributed by atoms with van der Waals surface area (Å²) in [5.74, 6) is -2.72. The Hall–Kier alpha value is -2.25. The molecule has 2 rings (SSSR count). The lowest BCUT2D eigenvalue weighted by atomic mass is 10.2. The van der Waals surface area contributed by atoms with E-state index in [9.17, 15) is 22.8 Å². The van der Waals surface area contributed by atoms with Gasteiger partial charge in [-0.3, -0.25) is 9.78 Å². The van der Waals surface area contributed by atoms with Crippen LogP contribution in [0.15, 0.2) is 27.4 Å². The van der Waals surface area contributed by atoms with Crippen LogP contribution in [0.3, 0.4) is 0 Å². The number of halogens is 3. The number of aromatic nitrogens is 1. The van der Waals surface area contributed by atoms with Gasteiger partial charge in [0.15, 0.2) is 5.58 Å². The second kappa shape index (κ2) is 3.90. The summed E-state index contributed by atoms with van der Waals surface area (Å²) in [5.41, 5.74) is 0.406. The number of benzene rings is 1. The summed E-state index contributed by atoms with van der Waals surface area (Å²) < 4.78 is 41.4. The molecule has 1 heterocycles. The highest BCUT2D eigenvalue weighted by atomic mass is 19.4. The molecule has 1 amide bonds. The first-order chi connectivity index (χ1) is 8.29. The third-order valence-electron chi connectivity index (χ3n) is 2.34.